The number of benzene rings is 3. The van der Waals surface area contributed by atoms with Gasteiger partial charge in [-0.15, -0.1) is 0 Å². The van der Waals surface area contributed by atoms with Gasteiger partial charge in [0, 0.05) is 53.5 Å². The number of methoxy groups -OCH3 is 2. The summed E-state index contributed by atoms with van der Waals surface area (Å²) in [6.07, 6.45) is 1.16. The molecule has 3 aromatic carbocycles. The van der Waals surface area contributed by atoms with Crippen molar-refractivity contribution in [2.75, 3.05) is 46.7 Å². The molecule has 0 spiro atoms. The number of amides is 10. The molecule has 2 aliphatic heterocycles. The number of carbonyl (C=O) groups is 10. The molecule has 10 amide bonds. The van der Waals surface area contributed by atoms with E-state index in [9.17, 15) is 53.1 Å². The van der Waals surface area contributed by atoms with Crippen molar-refractivity contribution in [3.63, 3.8) is 0 Å². The lowest BCUT2D eigenvalue weighted by molar-refractivity contribution is -0.148. The Bertz CT molecular complexity index is 3250. The zero-order valence-electron chi connectivity index (χ0n) is 58.9. The first-order valence-corrected chi connectivity index (χ1v) is 33.6. The summed E-state index contributed by atoms with van der Waals surface area (Å²) in [7, 11) is 6.10. The van der Waals surface area contributed by atoms with Crippen molar-refractivity contribution in [1.29, 1.82) is 5.26 Å². The summed E-state index contributed by atoms with van der Waals surface area (Å²) in [5, 5.41) is 34.0. The van der Waals surface area contributed by atoms with Crippen LogP contribution in [0.4, 0.5) is 10.5 Å². The maximum Gasteiger partial charge on any atom is 0.410 e. The molecule has 5 rings (SSSR count). The fourth-order valence-corrected chi connectivity index (χ4v) is 12.2. The Kier molecular flexibility index (Phi) is 30.7. The van der Waals surface area contributed by atoms with E-state index in [0.717, 1.165) is 11.0 Å². The van der Waals surface area contributed by atoms with Crippen molar-refractivity contribution < 1.29 is 72.0 Å². The number of hydrogen-bond donors (Lipinski definition) is 6. The van der Waals surface area contributed by atoms with E-state index in [4.69, 9.17) is 24.2 Å². The maximum absolute atomic E-state index is 14.8. The minimum absolute atomic E-state index is 0.0724. The molecule has 2 heterocycles. The van der Waals surface area contributed by atoms with Gasteiger partial charge in [0.2, 0.25) is 41.4 Å². The van der Waals surface area contributed by atoms with Crippen molar-refractivity contribution in [2.45, 2.75) is 195 Å². The molecular weight excluding hydrogens is 1240 g/mol. The molecule has 12 atom stereocenters. The minimum atomic E-state index is -1.07. The number of hydrogen-bond acceptors (Lipinski definition) is 16. The van der Waals surface area contributed by atoms with Crippen LogP contribution in [-0.4, -0.2) is 180 Å². The lowest BCUT2D eigenvalue weighted by atomic mass is 9.89. The maximum atomic E-state index is 14.8. The minimum Gasteiger partial charge on any atom is -0.451 e. The SMILES string of the molecule is CC[C@@H](C)[C@@H]([C@@H](CC(=O)N1CCC[C@H]1[C@H](OC)[C@@H](C)C(=O)N[C@@H](C)[C@H](O)c1ccccc1)OC)N(C)C(=O)[C@@H](NC(=O)[C@H](C(C)C)N(C)C(=O)OCc1ccc(NC(=O)[C@@H](C)NC(=O)[C@H](NC(=O)CCCCCN2C(=O)C=C(Oc3ccc(C#N)cc3)C2=O)C(C)C)cc1)C(C)C. The molecule has 6 N–H and O–H groups in total. The third kappa shape index (κ3) is 21.9. The Labute approximate surface area is 571 Å². The summed E-state index contributed by atoms with van der Waals surface area (Å²) in [4.78, 5) is 142. The van der Waals surface area contributed by atoms with Crippen LogP contribution in [0.1, 0.15) is 150 Å². The Hall–Kier alpha value is -8.73. The van der Waals surface area contributed by atoms with E-state index >= 15 is 0 Å². The summed E-state index contributed by atoms with van der Waals surface area (Å²) in [6.45, 7) is 19.9. The number of nitrogens with zero attached hydrogens (tertiary/aromatic N) is 5. The quantitative estimate of drug-likeness (QED) is 0.0254. The highest BCUT2D eigenvalue weighted by molar-refractivity contribution is 6.15. The number of nitriles is 1. The molecule has 0 bridgehead atoms. The predicted molar refractivity (Wildman–Crippen MR) is 363 cm³/mol. The van der Waals surface area contributed by atoms with Gasteiger partial charge in [-0.1, -0.05) is 118 Å². The second kappa shape index (κ2) is 37.7. The van der Waals surface area contributed by atoms with E-state index in [0.29, 0.717) is 73.2 Å². The third-order valence-corrected chi connectivity index (χ3v) is 18.2. The summed E-state index contributed by atoms with van der Waals surface area (Å²) in [5.41, 5.74) is 2.02. The number of anilines is 1. The average molecular weight is 1350 g/mol. The van der Waals surface area contributed by atoms with Crippen molar-refractivity contribution in [2.24, 2.45) is 29.6 Å². The molecule has 0 aromatic heterocycles. The monoisotopic (exact) mass is 1350 g/mol. The van der Waals surface area contributed by atoms with Crippen LogP contribution in [-0.2, 0) is 64.0 Å². The molecule has 0 aliphatic carbocycles. The Morgan fingerprint density at radius 3 is 1.96 bits per heavy atom. The second-order valence-corrected chi connectivity index (χ2v) is 26.4. The van der Waals surface area contributed by atoms with Gasteiger partial charge in [0.1, 0.15) is 36.5 Å². The lowest BCUT2D eigenvalue weighted by Crippen LogP contribution is -2.60. The van der Waals surface area contributed by atoms with Gasteiger partial charge in [-0.3, -0.25) is 53.0 Å². The summed E-state index contributed by atoms with van der Waals surface area (Å²) in [5.74, 6) is -6.00. The number of carbonyl (C=O) groups excluding carboxylic acids is 10. The summed E-state index contributed by atoms with van der Waals surface area (Å²) < 4.78 is 23.3. The topological polar surface area (TPSA) is 325 Å². The highest BCUT2D eigenvalue weighted by Gasteiger charge is 2.44. The predicted octanol–water partition coefficient (Wildman–Crippen LogP) is 6.93. The zero-order chi connectivity index (χ0) is 72.0. The first-order valence-electron chi connectivity index (χ1n) is 33.6. The molecule has 0 unspecified atom stereocenters. The number of rotatable bonds is 36. The molecule has 2 aliphatic rings. The average Bonchev–Trinajstić information content (AvgIpc) is 1.50. The van der Waals surface area contributed by atoms with Gasteiger partial charge in [0.05, 0.1) is 66.5 Å². The molecule has 1 fully saturated rings. The highest BCUT2D eigenvalue weighted by Crippen LogP contribution is 2.31. The van der Waals surface area contributed by atoms with E-state index in [1.165, 1.54) is 57.4 Å². The number of likely N-dealkylation sites (N-methyl/N-ethyl adjacent to an activating group) is 2. The highest BCUT2D eigenvalue weighted by atomic mass is 16.6. The number of nitrogens with one attached hydrogen (secondary N) is 5. The van der Waals surface area contributed by atoms with E-state index in [1.807, 2.05) is 38.1 Å². The van der Waals surface area contributed by atoms with Gasteiger partial charge in [0.15, 0.2) is 5.76 Å². The van der Waals surface area contributed by atoms with Crippen LogP contribution in [0.5, 0.6) is 5.75 Å². The van der Waals surface area contributed by atoms with E-state index in [-0.39, 0.29) is 61.3 Å². The smallest absolute Gasteiger partial charge is 0.410 e. The molecule has 25 nitrogen and oxygen atoms in total. The lowest BCUT2D eigenvalue weighted by Gasteiger charge is -2.41. The van der Waals surface area contributed by atoms with Crippen LogP contribution < -0.4 is 31.3 Å². The number of imide groups is 1. The molecule has 3 aromatic rings. The third-order valence-electron chi connectivity index (χ3n) is 18.2. The molecule has 97 heavy (non-hydrogen) atoms. The first kappa shape index (κ1) is 79.0. The number of likely N-dealkylation sites (tertiary alicyclic amines) is 1. The molecule has 25 heteroatoms. The summed E-state index contributed by atoms with van der Waals surface area (Å²) in [6, 6.07) is 17.9. The molecular formula is C72H102N10O15. The normalized spacial score (nSPS) is 17.3. The number of aliphatic hydroxyl groups is 1. The van der Waals surface area contributed by atoms with Crippen molar-refractivity contribution in [3.05, 3.63) is 107 Å². The van der Waals surface area contributed by atoms with Gasteiger partial charge in [-0.05, 0) is 111 Å². The Morgan fingerprint density at radius 2 is 1.37 bits per heavy atom. The van der Waals surface area contributed by atoms with Crippen LogP contribution in [0.2, 0.25) is 0 Å². The van der Waals surface area contributed by atoms with Gasteiger partial charge >= 0.3 is 6.09 Å². The molecule has 0 saturated carbocycles. The number of aliphatic hydroxyl groups excluding tert-OH is 1. The largest absolute Gasteiger partial charge is 0.451 e. The molecule has 530 valence electrons. The van der Waals surface area contributed by atoms with Crippen molar-refractivity contribution >= 4 is 64.9 Å². The second-order valence-electron chi connectivity index (χ2n) is 26.4. The van der Waals surface area contributed by atoms with Gasteiger partial charge in [-0.2, -0.15) is 5.26 Å². The van der Waals surface area contributed by atoms with Crippen LogP contribution in [0, 0.1) is 40.9 Å². The van der Waals surface area contributed by atoms with Crippen LogP contribution in [0.3, 0.4) is 0 Å². The van der Waals surface area contributed by atoms with Crippen molar-refractivity contribution in [1.82, 2.24) is 40.9 Å². The number of unbranched alkanes of at least 4 members (excludes halogenated alkanes) is 2. The van der Waals surface area contributed by atoms with Crippen LogP contribution in [0.25, 0.3) is 0 Å². The Balaban J connectivity index is 1.09. The standard InChI is InChI=1S/C72H102N10O15/c1-16-45(8)63(55(94-14)38-58(84)81-37-23-26-54(81)65(95-15)46(9)66(87)74-47(10)64(86)51-24-19-17-20-25-51)79(12)71(92)61(43(4)5)78-69(90)62(44(6)7)80(13)72(93)96-41-50-28-32-52(33-29-50)76-67(88)48(11)75-68(89)60(42(2)3)77-57(83)27-21-18-22-36-82-59(85)39-56(70(82)91)97-53-34-30-49(40-73)31-35-53/h17,19-20,24-25,28-35,39,42-48,54-55,60-65,86H,16,18,21-23,26-27,36-38,41H2,1-15H3,(H,74,87)(H,75,89)(H,76,88)(H,77,83)(H,78,90)/t45-,46-,47+,48-,54+,55-,60-,61+,62+,63+,64+,65-/m1/s1. The number of ether oxygens (including phenoxy) is 4. The van der Waals surface area contributed by atoms with Crippen LogP contribution in [0.15, 0.2) is 90.7 Å². The van der Waals surface area contributed by atoms with E-state index < -0.39 is 120 Å². The summed E-state index contributed by atoms with van der Waals surface area (Å²) >= 11 is 0. The van der Waals surface area contributed by atoms with Gasteiger partial charge in [-0.25, -0.2) is 4.79 Å². The van der Waals surface area contributed by atoms with Gasteiger partial charge in [0.25, 0.3) is 11.8 Å². The Morgan fingerprint density at radius 1 is 0.722 bits per heavy atom. The fourth-order valence-electron chi connectivity index (χ4n) is 12.2. The van der Waals surface area contributed by atoms with Crippen molar-refractivity contribution in [3.8, 4) is 11.8 Å². The first-order chi connectivity index (χ1) is 46.0. The fraction of sp³-hybridized carbons (Fsp3) is 0.569. The van der Waals surface area contributed by atoms with Crippen LogP contribution >= 0.6 is 0 Å². The van der Waals surface area contributed by atoms with Gasteiger partial charge < -0.3 is 60.4 Å². The molecule has 1 saturated heterocycles. The van der Waals surface area contributed by atoms with E-state index in [1.54, 1.807) is 109 Å². The zero-order valence-corrected chi connectivity index (χ0v) is 58.9. The molecule has 0 radical (unpaired) electrons. The van der Waals surface area contributed by atoms with E-state index in [2.05, 4.69) is 26.6 Å².